The van der Waals surface area contributed by atoms with Crippen LogP contribution in [0.5, 0.6) is 0 Å². The van der Waals surface area contributed by atoms with Crippen LogP contribution < -0.4 is 4.90 Å². The van der Waals surface area contributed by atoms with Gasteiger partial charge in [0.05, 0.1) is 23.1 Å². The molecular formula is C12H11ClN4S2. The van der Waals surface area contributed by atoms with Gasteiger partial charge in [0.2, 0.25) is 5.28 Å². The van der Waals surface area contributed by atoms with Gasteiger partial charge in [0.25, 0.3) is 0 Å². The molecule has 0 aromatic carbocycles. The van der Waals surface area contributed by atoms with Crippen molar-refractivity contribution in [3.05, 3.63) is 32.8 Å². The molecule has 0 fully saturated rings. The minimum Gasteiger partial charge on any atom is -0.353 e. The summed E-state index contributed by atoms with van der Waals surface area (Å²) in [5, 5.41) is 3.37. The monoisotopic (exact) mass is 310 g/mol. The highest BCUT2D eigenvalue weighted by molar-refractivity contribution is 7.18. The van der Waals surface area contributed by atoms with Crippen LogP contribution in [0.3, 0.4) is 0 Å². The van der Waals surface area contributed by atoms with Gasteiger partial charge >= 0.3 is 0 Å². The predicted molar refractivity (Wildman–Crippen MR) is 81.4 cm³/mol. The number of rotatable bonds is 3. The first kappa shape index (κ1) is 12.8. The Kier molecular flexibility index (Phi) is 3.38. The molecule has 0 saturated carbocycles. The lowest BCUT2D eigenvalue weighted by Gasteiger charge is -2.17. The van der Waals surface area contributed by atoms with E-state index in [2.05, 4.69) is 32.8 Å². The number of aromatic nitrogens is 3. The molecule has 3 heterocycles. The number of anilines is 1. The van der Waals surface area contributed by atoms with Gasteiger partial charge in [-0.2, -0.15) is 4.98 Å². The van der Waals surface area contributed by atoms with Crippen molar-refractivity contribution >= 4 is 50.3 Å². The zero-order valence-corrected chi connectivity index (χ0v) is 12.8. The minimum atomic E-state index is 0.287. The lowest BCUT2D eigenvalue weighted by atomic mass is 10.3. The predicted octanol–water partition coefficient (Wildman–Crippen LogP) is 3.75. The molecule has 0 atom stereocenters. The van der Waals surface area contributed by atoms with Crippen LogP contribution in [-0.4, -0.2) is 22.0 Å². The second-order valence-electron chi connectivity index (χ2n) is 4.23. The Balaban J connectivity index is 2.03. The summed E-state index contributed by atoms with van der Waals surface area (Å²) in [5.41, 5.74) is 2.86. The molecule has 0 radical (unpaired) electrons. The van der Waals surface area contributed by atoms with Crippen molar-refractivity contribution in [1.29, 1.82) is 0 Å². The Labute approximate surface area is 123 Å². The first-order valence-corrected chi connectivity index (χ1v) is 7.79. The fourth-order valence-electron chi connectivity index (χ4n) is 1.93. The van der Waals surface area contributed by atoms with Crippen molar-refractivity contribution in [2.24, 2.45) is 0 Å². The van der Waals surface area contributed by atoms with Crippen LogP contribution >= 0.6 is 34.3 Å². The number of nitrogens with zero attached hydrogens (tertiary/aromatic N) is 4. The van der Waals surface area contributed by atoms with Crippen LogP contribution in [0.2, 0.25) is 5.28 Å². The van der Waals surface area contributed by atoms with Crippen LogP contribution in [-0.2, 0) is 6.54 Å². The van der Waals surface area contributed by atoms with Crippen molar-refractivity contribution in [2.75, 3.05) is 11.9 Å². The minimum absolute atomic E-state index is 0.287. The summed E-state index contributed by atoms with van der Waals surface area (Å²) in [4.78, 5) is 17.1. The molecule has 0 N–H and O–H groups in total. The highest BCUT2D eigenvalue weighted by atomic mass is 35.5. The summed E-state index contributed by atoms with van der Waals surface area (Å²) in [7, 11) is 1.99. The zero-order valence-electron chi connectivity index (χ0n) is 10.4. The van der Waals surface area contributed by atoms with Crippen molar-refractivity contribution in [2.45, 2.75) is 13.5 Å². The third-order valence-electron chi connectivity index (χ3n) is 2.71. The average Bonchev–Trinajstić information content (AvgIpc) is 2.96. The normalized spacial score (nSPS) is 11.1. The van der Waals surface area contributed by atoms with Gasteiger partial charge in [-0.15, -0.1) is 22.7 Å². The van der Waals surface area contributed by atoms with Crippen LogP contribution in [0, 0.1) is 6.92 Å². The van der Waals surface area contributed by atoms with E-state index in [0.29, 0.717) is 6.54 Å². The number of hydrogen-bond acceptors (Lipinski definition) is 6. The topological polar surface area (TPSA) is 41.9 Å². The van der Waals surface area contributed by atoms with E-state index in [4.69, 9.17) is 11.6 Å². The van der Waals surface area contributed by atoms with Gasteiger partial charge in [0.1, 0.15) is 10.6 Å². The number of halogens is 1. The summed E-state index contributed by atoms with van der Waals surface area (Å²) < 4.78 is 0. The van der Waals surface area contributed by atoms with Gasteiger partial charge in [-0.05, 0) is 24.6 Å². The first-order chi connectivity index (χ1) is 9.13. The molecule has 0 aliphatic rings. The molecule has 3 aromatic rings. The Morgan fingerprint density at radius 2 is 2.21 bits per heavy atom. The van der Waals surface area contributed by atoms with Gasteiger partial charge in [-0.1, -0.05) is 0 Å². The molecule has 0 unspecified atom stereocenters. The number of aryl methyl sites for hydroxylation is 1. The Hall–Kier alpha value is -1.24. The van der Waals surface area contributed by atoms with E-state index >= 15 is 0 Å². The maximum atomic E-state index is 6.00. The van der Waals surface area contributed by atoms with Gasteiger partial charge < -0.3 is 4.90 Å². The number of thiophene rings is 1. The SMILES string of the molecule is Cc1cc2c(N(C)Cc3cscn3)nc(Cl)nc2s1. The molecule has 4 nitrogen and oxygen atoms in total. The first-order valence-electron chi connectivity index (χ1n) is 5.65. The third-order valence-corrected chi connectivity index (χ3v) is 4.46. The third kappa shape index (κ3) is 2.56. The standard InChI is InChI=1S/C12H11ClN4S2/c1-7-3-9-10(15-12(13)16-11(9)19-7)17(2)4-8-5-18-6-14-8/h3,5-6H,4H2,1-2H3. The highest BCUT2D eigenvalue weighted by Crippen LogP contribution is 2.31. The fraction of sp³-hybridized carbons (Fsp3) is 0.250. The van der Waals surface area contributed by atoms with Crippen LogP contribution in [0.15, 0.2) is 17.0 Å². The van der Waals surface area contributed by atoms with Crippen molar-refractivity contribution in [1.82, 2.24) is 15.0 Å². The lowest BCUT2D eigenvalue weighted by molar-refractivity contribution is 0.877. The molecule has 19 heavy (non-hydrogen) atoms. The number of fused-ring (bicyclic) bond motifs is 1. The molecule has 3 rings (SSSR count). The van der Waals surface area contributed by atoms with E-state index in [9.17, 15) is 0 Å². The molecule has 0 saturated heterocycles. The second-order valence-corrected chi connectivity index (χ2v) is 6.52. The highest BCUT2D eigenvalue weighted by Gasteiger charge is 2.14. The molecule has 0 aliphatic heterocycles. The molecule has 98 valence electrons. The molecule has 0 amide bonds. The average molecular weight is 311 g/mol. The Morgan fingerprint density at radius 3 is 2.95 bits per heavy atom. The summed E-state index contributed by atoms with van der Waals surface area (Å²) >= 11 is 9.23. The molecular weight excluding hydrogens is 300 g/mol. The number of hydrogen-bond donors (Lipinski definition) is 0. The Bertz CT molecular complexity index is 708. The molecule has 0 spiro atoms. The summed E-state index contributed by atoms with van der Waals surface area (Å²) in [6.45, 7) is 2.77. The van der Waals surface area contributed by atoms with Crippen LogP contribution in [0.1, 0.15) is 10.6 Å². The van der Waals surface area contributed by atoms with Crippen LogP contribution in [0.25, 0.3) is 10.2 Å². The maximum Gasteiger partial charge on any atom is 0.225 e. The van der Waals surface area contributed by atoms with E-state index in [0.717, 1.165) is 21.7 Å². The summed E-state index contributed by atoms with van der Waals surface area (Å²) in [6.07, 6.45) is 0. The lowest BCUT2D eigenvalue weighted by Crippen LogP contribution is -2.18. The molecule has 0 bridgehead atoms. The maximum absolute atomic E-state index is 6.00. The molecule has 3 aromatic heterocycles. The van der Waals surface area contributed by atoms with E-state index < -0.39 is 0 Å². The van der Waals surface area contributed by atoms with Gasteiger partial charge in [-0.25, -0.2) is 9.97 Å². The molecule has 7 heteroatoms. The van der Waals surface area contributed by atoms with E-state index in [1.54, 1.807) is 22.7 Å². The van der Waals surface area contributed by atoms with E-state index in [1.807, 2.05) is 17.9 Å². The second kappa shape index (κ2) is 5.03. The smallest absolute Gasteiger partial charge is 0.225 e. The van der Waals surface area contributed by atoms with Gasteiger partial charge in [0, 0.05) is 17.3 Å². The van der Waals surface area contributed by atoms with Crippen LogP contribution in [0.4, 0.5) is 5.82 Å². The van der Waals surface area contributed by atoms with E-state index in [1.165, 1.54) is 4.88 Å². The fourth-order valence-corrected chi connectivity index (χ4v) is 3.56. The zero-order chi connectivity index (χ0) is 13.4. The van der Waals surface area contributed by atoms with Gasteiger partial charge in [-0.3, -0.25) is 0 Å². The Morgan fingerprint density at radius 1 is 1.37 bits per heavy atom. The quantitative estimate of drug-likeness (QED) is 0.691. The van der Waals surface area contributed by atoms with E-state index in [-0.39, 0.29) is 5.28 Å². The number of thiazole rings is 1. The summed E-state index contributed by atoms with van der Waals surface area (Å²) in [5.74, 6) is 0.854. The summed E-state index contributed by atoms with van der Waals surface area (Å²) in [6, 6.07) is 2.10. The van der Waals surface area contributed by atoms with Crippen molar-refractivity contribution in [3.8, 4) is 0 Å². The molecule has 0 aliphatic carbocycles. The largest absolute Gasteiger partial charge is 0.353 e. The van der Waals surface area contributed by atoms with Crippen molar-refractivity contribution in [3.63, 3.8) is 0 Å². The van der Waals surface area contributed by atoms with Crippen molar-refractivity contribution < 1.29 is 0 Å². The van der Waals surface area contributed by atoms with Gasteiger partial charge in [0.15, 0.2) is 0 Å².